The lowest BCUT2D eigenvalue weighted by Gasteiger charge is -2.30. The van der Waals surface area contributed by atoms with Gasteiger partial charge in [-0.2, -0.15) is 0 Å². The van der Waals surface area contributed by atoms with E-state index in [1.165, 1.54) is 82.6 Å². The number of hydrogen-bond donors (Lipinski definition) is 1. The molecule has 164 valence electrons. The standard InChI is InChI=1S/C27H45NO/c1-5-7-8-9-10-11-12-13-14-15-16-17-18-25-19-21-26(22-20-25)27(4,23-6-2)28-24(3)29/h19-22H,2,4-18,23H2,1,3H3,(H,28,29). The summed E-state index contributed by atoms with van der Waals surface area (Å²) in [5, 5.41) is 3.00. The smallest absolute Gasteiger partial charge is 0.217 e. The highest BCUT2D eigenvalue weighted by atomic mass is 16.1. The Labute approximate surface area is 181 Å². The molecule has 1 amide bonds. The molecule has 0 bridgehead atoms. The molecule has 0 saturated carbocycles. The molecular weight excluding hydrogens is 354 g/mol. The average molecular weight is 400 g/mol. The molecule has 1 aromatic carbocycles. The zero-order valence-electron chi connectivity index (χ0n) is 19.2. The Balaban J connectivity index is 2.19. The first-order valence-corrected chi connectivity index (χ1v) is 12.0. The molecule has 0 heterocycles. The van der Waals surface area contributed by atoms with Crippen LogP contribution < -0.4 is 5.32 Å². The van der Waals surface area contributed by atoms with Crippen LogP contribution >= 0.6 is 0 Å². The number of amides is 1. The third kappa shape index (κ3) is 11.5. The van der Waals surface area contributed by atoms with Gasteiger partial charge in [0.05, 0.1) is 5.54 Å². The van der Waals surface area contributed by atoms with Gasteiger partial charge < -0.3 is 5.32 Å². The van der Waals surface area contributed by atoms with E-state index in [2.05, 4.69) is 50.4 Å². The number of unbranched alkanes of at least 4 members (excludes halogenated alkanes) is 11. The van der Waals surface area contributed by atoms with Crippen molar-refractivity contribution in [3.63, 3.8) is 0 Å². The van der Waals surface area contributed by atoms with Gasteiger partial charge in [0, 0.05) is 6.92 Å². The van der Waals surface area contributed by atoms with Crippen LogP contribution in [0.25, 0.3) is 0 Å². The fourth-order valence-corrected chi connectivity index (χ4v) is 4.08. The van der Waals surface area contributed by atoms with Gasteiger partial charge in [-0.15, -0.1) is 0 Å². The number of rotatable bonds is 17. The molecule has 1 aromatic rings. The molecule has 2 heteroatoms. The van der Waals surface area contributed by atoms with E-state index in [0.29, 0.717) is 0 Å². The topological polar surface area (TPSA) is 29.1 Å². The van der Waals surface area contributed by atoms with Gasteiger partial charge in [0.25, 0.3) is 0 Å². The Morgan fingerprint density at radius 2 is 1.34 bits per heavy atom. The predicted octanol–water partition coefficient (Wildman–Crippen LogP) is 7.71. The van der Waals surface area contributed by atoms with E-state index in [4.69, 9.17) is 0 Å². The van der Waals surface area contributed by atoms with Crippen LogP contribution in [0.15, 0.2) is 24.3 Å². The number of aryl methyl sites for hydroxylation is 1. The van der Waals surface area contributed by atoms with Crippen molar-refractivity contribution >= 4 is 5.91 Å². The van der Waals surface area contributed by atoms with Gasteiger partial charge in [-0.1, -0.05) is 115 Å². The average Bonchev–Trinajstić information content (AvgIpc) is 2.69. The van der Waals surface area contributed by atoms with E-state index in [-0.39, 0.29) is 5.91 Å². The van der Waals surface area contributed by atoms with E-state index in [0.717, 1.165) is 24.8 Å². The molecule has 0 saturated heterocycles. The van der Waals surface area contributed by atoms with Crippen molar-refractivity contribution in [2.75, 3.05) is 0 Å². The van der Waals surface area contributed by atoms with Crippen molar-refractivity contribution < 1.29 is 4.79 Å². The fraction of sp³-hybridized carbons (Fsp3) is 0.667. The fourth-order valence-electron chi connectivity index (χ4n) is 4.08. The molecule has 2 radical (unpaired) electrons. The van der Waals surface area contributed by atoms with Crippen molar-refractivity contribution in [3.8, 4) is 0 Å². The van der Waals surface area contributed by atoms with Crippen molar-refractivity contribution in [3.05, 3.63) is 49.2 Å². The summed E-state index contributed by atoms with van der Waals surface area (Å²) >= 11 is 0. The van der Waals surface area contributed by atoms with Crippen molar-refractivity contribution in [2.24, 2.45) is 0 Å². The minimum absolute atomic E-state index is 0.0472. The SMILES string of the molecule is [CH2]CCC([CH2])(NC(C)=O)c1ccc(CCCCCCCCCCCCCC)cc1. The predicted molar refractivity (Wildman–Crippen MR) is 127 cm³/mol. The molecule has 0 aliphatic heterocycles. The van der Waals surface area contributed by atoms with E-state index in [1.54, 1.807) is 6.92 Å². The summed E-state index contributed by atoms with van der Waals surface area (Å²) in [6.45, 7) is 12.0. The van der Waals surface area contributed by atoms with E-state index in [9.17, 15) is 4.79 Å². The first-order chi connectivity index (χ1) is 14.0. The van der Waals surface area contributed by atoms with Crippen LogP contribution in [0.1, 0.15) is 115 Å². The zero-order valence-corrected chi connectivity index (χ0v) is 19.2. The van der Waals surface area contributed by atoms with Crippen LogP contribution in [0, 0.1) is 13.8 Å². The van der Waals surface area contributed by atoms with Gasteiger partial charge in [-0.3, -0.25) is 4.79 Å². The maximum atomic E-state index is 11.5. The van der Waals surface area contributed by atoms with Crippen molar-refractivity contribution in [1.82, 2.24) is 5.32 Å². The summed E-state index contributed by atoms with van der Waals surface area (Å²) in [5.74, 6) is -0.0472. The Kier molecular flexibility index (Phi) is 13.8. The van der Waals surface area contributed by atoms with Crippen molar-refractivity contribution in [1.29, 1.82) is 0 Å². The van der Waals surface area contributed by atoms with Gasteiger partial charge >= 0.3 is 0 Å². The summed E-state index contributed by atoms with van der Waals surface area (Å²) in [6.07, 6.45) is 19.2. The Morgan fingerprint density at radius 3 is 1.79 bits per heavy atom. The van der Waals surface area contributed by atoms with Crippen LogP contribution in [0.5, 0.6) is 0 Å². The molecular formula is C27H45NO. The van der Waals surface area contributed by atoms with Gasteiger partial charge in [0.2, 0.25) is 5.91 Å². The second-order valence-corrected chi connectivity index (χ2v) is 8.70. The Bertz CT molecular complexity index is 536. The van der Waals surface area contributed by atoms with Gasteiger partial charge in [0.15, 0.2) is 0 Å². The molecule has 2 nitrogen and oxygen atoms in total. The van der Waals surface area contributed by atoms with Crippen LogP contribution in [-0.2, 0) is 16.8 Å². The lowest BCUT2D eigenvalue weighted by molar-refractivity contribution is -0.120. The van der Waals surface area contributed by atoms with Crippen LogP contribution in [-0.4, -0.2) is 5.91 Å². The minimum Gasteiger partial charge on any atom is -0.347 e. The van der Waals surface area contributed by atoms with Crippen LogP contribution in [0.2, 0.25) is 0 Å². The lowest BCUT2D eigenvalue weighted by Crippen LogP contribution is -2.42. The summed E-state index contributed by atoms with van der Waals surface area (Å²) < 4.78 is 0. The maximum Gasteiger partial charge on any atom is 0.217 e. The normalized spacial score (nSPS) is 13.2. The van der Waals surface area contributed by atoms with Crippen LogP contribution in [0.3, 0.4) is 0 Å². The third-order valence-electron chi connectivity index (χ3n) is 5.84. The highest BCUT2D eigenvalue weighted by Crippen LogP contribution is 2.26. The first-order valence-electron chi connectivity index (χ1n) is 12.0. The van der Waals surface area contributed by atoms with Gasteiger partial charge in [0.1, 0.15) is 0 Å². The highest BCUT2D eigenvalue weighted by molar-refractivity contribution is 5.74. The molecule has 0 aromatic heterocycles. The molecule has 1 N–H and O–H groups in total. The Morgan fingerprint density at radius 1 is 0.862 bits per heavy atom. The molecule has 1 rings (SSSR count). The van der Waals surface area contributed by atoms with Gasteiger partial charge in [-0.05, 0) is 37.3 Å². The second-order valence-electron chi connectivity index (χ2n) is 8.70. The quantitative estimate of drug-likeness (QED) is 0.267. The molecule has 0 aliphatic rings. The summed E-state index contributed by atoms with van der Waals surface area (Å²) in [4.78, 5) is 11.5. The molecule has 0 spiro atoms. The summed E-state index contributed by atoms with van der Waals surface area (Å²) in [6, 6.07) is 8.63. The van der Waals surface area contributed by atoms with E-state index in [1.807, 2.05) is 0 Å². The van der Waals surface area contributed by atoms with Crippen molar-refractivity contribution in [2.45, 2.75) is 116 Å². The van der Waals surface area contributed by atoms with Crippen LogP contribution in [0.4, 0.5) is 0 Å². The number of benzene rings is 1. The summed E-state index contributed by atoms with van der Waals surface area (Å²) in [5.41, 5.74) is 1.87. The highest BCUT2D eigenvalue weighted by Gasteiger charge is 2.26. The maximum absolute atomic E-state index is 11.5. The molecule has 29 heavy (non-hydrogen) atoms. The number of nitrogens with one attached hydrogen (secondary N) is 1. The number of carbonyl (C=O) groups is 1. The number of carbonyl (C=O) groups excluding carboxylic acids is 1. The largest absolute Gasteiger partial charge is 0.347 e. The van der Waals surface area contributed by atoms with E-state index < -0.39 is 5.54 Å². The third-order valence-corrected chi connectivity index (χ3v) is 5.84. The van der Waals surface area contributed by atoms with E-state index >= 15 is 0 Å². The minimum atomic E-state index is -0.567. The summed E-state index contributed by atoms with van der Waals surface area (Å²) in [7, 11) is 0. The first kappa shape index (κ1) is 25.7. The number of hydrogen-bond acceptors (Lipinski definition) is 1. The Hall–Kier alpha value is -1.31. The molecule has 0 fully saturated rings. The molecule has 0 aliphatic carbocycles. The second kappa shape index (κ2) is 15.5. The molecule has 1 atom stereocenters. The van der Waals surface area contributed by atoms with Gasteiger partial charge in [-0.25, -0.2) is 0 Å². The molecule has 1 unspecified atom stereocenters. The monoisotopic (exact) mass is 399 g/mol. The zero-order chi connectivity index (χ0) is 21.4. The lowest BCUT2D eigenvalue weighted by atomic mass is 9.86.